The van der Waals surface area contributed by atoms with Gasteiger partial charge in [0.05, 0.1) is 11.2 Å². The van der Waals surface area contributed by atoms with Crippen molar-refractivity contribution in [3.05, 3.63) is 22.7 Å². The second kappa shape index (κ2) is 5.20. The van der Waals surface area contributed by atoms with Crippen molar-refractivity contribution in [3.8, 4) is 11.5 Å². The van der Waals surface area contributed by atoms with Crippen molar-refractivity contribution in [2.24, 2.45) is 5.10 Å². The van der Waals surface area contributed by atoms with E-state index in [2.05, 4.69) is 15.8 Å². The summed E-state index contributed by atoms with van der Waals surface area (Å²) in [5.74, 6) is 1.30. The molecule has 2 rings (SSSR count). The molecule has 17 heavy (non-hydrogen) atoms. The maximum Gasteiger partial charge on any atom is 0.231 e. The van der Waals surface area contributed by atoms with Crippen molar-refractivity contribution in [2.45, 2.75) is 0 Å². The van der Waals surface area contributed by atoms with Crippen LogP contribution >= 0.6 is 23.8 Å². The molecule has 0 saturated heterocycles. The van der Waals surface area contributed by atoms with Crippen LogP contribution in [0.3, 0.4) is 0 Å². The van der Waals surface area contributed by atoms with Gasteiger partial charge in [0.25, 0.3) is 0 Å². The molecule has 0 saturated carbocycles. The Hall–Kier alpha value is -1.53. The molecule has 0 unspecified atom stereocenters. The van der Waals surface area contributed by atoms with Gasteiger partial charge in [0.2, 0.25) is 6.79 Å². The number of hydrazone groups is 1. The van der Waals surface area contributed by atoms with Crippen LogP contribution in [0.15, 0.2) is 17.2 Å². The van der Waals surface area contributed by atoms with E-state index in [1.807, 2.05) is 0 Å². The number of rotatable bonds is 2. The lowest BCUT2D eigenvalue weighted by molar-refractivity contribution is 0.174. The Balaban J connectivity index is 2.13. The fourth-order valence-corrected chi connectivity index (χ4v) is 1.50. The summed E-state index contributed by atoms with van der Waals surface area (Å²) in [4.78, 5) is 0. The highest BCUT2D eigenvalue weighted by atomic mass is 35.5. The molecule has 1 aliphatic heterocycles. The summed E-state index contributed by atoms with van der Waals surface area (Å²) in [5, 5.41) is 7.64. The Kier molecular flexibility index (Phi) is 3.65. The number of fused-ring (bicyclic) bond motifs is 1. The van der Waals surface area contributed by atoms with Gasteiger partial charge in [-0.25, -0.2) is 0 Å². The first kappa shape index (κ1) is 11.9. The monoisotopic (exact) mass is 271 g/mol. The van der Waals surface area contributed by atoms with E-state index in [1.165, 1.54) is 0 Å². The molecular weight excluding hydrogens is 262 g/mol. The molecule has 0 atom stereocenters. The number of nitrogens with zero attached hydrogens (tertiary/aromatic N) is 1. The Labute approximate surface area is 109 Å². The molecule has 0 aliphatic carbocycles. The lowest BCUT2D eigenvalue weighted by Crippen LogP contribution is -2.28. The summed E-state index contributed by atoms with van der Waals surface area (Å²) in [6, 6.07) is 3.46. The van der Waals surface area contributed by atoms with Gasteiger partial charge < -0.3 is 14.8 Å². The highest BCUT2D eigenvalue weighted by molar-refractivity contribution is 7.80. The number of hydrogen-bond acceptors (Lipinski definition) is 4. The van der Waals surface area contributed by atoms with E-state index in [1.54, 1.807) is 25.4 Å². The fraction of sp³-hybridized carbons (Fsp3) is 0.200. The Bertz CT molecular complexity index is 479. The molecule has 1 aliphatic rings. The summed E-state index contributed by atoms with van der Waals surface area (Å²) in [6.45, 7) is 0.217. The van der Waals surface area contributed by atoms with E-state index in [0.717, 1.165) is 5.56 Å². The summed E-state index contributed by atoms with van der Waals surface area (Å²) >= 11 is 10.9. The van der Waals surface area contributed by atoms with Crippen LogP contribution in [-0.2, 0) is 0 Å². The van der Waals surface area contributed by atoms with Gasteiger partial charge in [-0.1, -0.05) is 11.6 Å². The zero-order chi connectivity index (χ0) is 12.3. The Morgan fingerprint density at radius 2 is 2.18 bits per heavy atom. The van der Waals surface area contributed by atoms with Crippen molar-refractivity contribution in [1.29, 1.82) is 0 Å². The van der Waals surface area contributed by atoms with E-state index in [9.17, 15) is 0 Å². The van der Waals surface area contributed by atoms with E-state index >= 15 is 0 Å². The number of benzene rings is 1. The first-order valence-corrected chi connectivity index (χ1v) is 5.59. The molecule has 0 spiro atoms. The lowest BCUT2D eigenvalue weighted by Gasteiger charge is -2.02. The van der Waals surface area contributed by atoms with Crippen molar-refractivity contribution < 1.29 is 9.47 Å². The van der Waals surface area contributed by atoms with Crippen LogP contribution in [0.2, 0.25) is 5.02 Å². The zero-order valence-electron chi connectivity index (χ0n) is 8.99. The Morgan fingerprint density at radius 1 is 1.47 bits per heavy atom. The number of nitrogens with one attached hydrogen (secondary N) is 2. The first-order chi connectivity index (χ1) is 8.20. The highest BCUT2D eigenvalue weighted by Crippen LogP contribution is 2.36. The smallest absolute Gasteiger partial charge is 0.231 e. The van der Waals surface area contributed by atoms with Crippen LogP contribution < -0.4 is 20.2 Å². The quantitative estimate of drug-likeness (QED) is 0.485. The van der Waals surface area contributed by atoms with Crippen LogP contribution in [0.1, 0.15) is 5.56 Å². The summed E-state index contributed by atoms with van der Waals surface area (Å²) in [7, 11) is 1.71. The summed E-state index contributed by atoms with van der Waals surface area (Å²) < 4.78 is 10.4. The maximum absolute atomic E-state index is 6.05. The molecule has 2 N–H and O–H groups in total. The number of hydrogen-bond donors (Lipinski definition) is 2. The van der Waals surface area contributed by atoms with Gasteiger partial charge in [-0.3, -0.25) is 5.43 Å². The SMILES string of the molecule is CNC(=S)N/N=C/c1cc2c(cc1Cl)OCO2. The van der Waals surface area contributed by atoms with Gasteiger partial charge in [0.1, 0.15) is 0 Å². The molecule has 0 bridgehead atoms. The normalized spacial score (nSPS) is 12.8. The van der Waals surface area contributed by atoms with Gasteiger partial charge in [0.15, 0.2) is 16.6 Å². The topological polar surface area (TPSA) is 54.9 Å². The number of thiocarbonyl (C=S) groups is 1. The van der Waals surface area contributed by atoms with Crippen LogP contribution in [0.5, 0.6) is 11.5 Å². The third kappa shape index (κ3) is 2.78. The summed E-state index contributed by atoms with van der Waals surface area (Å²) in [6.07, 6.45) is 1.56. The third-order valence-corrected chi connectivity index (χ3v) is 2.71. The van der Waals surface area contributed by atoms with Gasteiger partial charge in [-0.15, -0.1) is 0 Å². The van der Waals surface area contributed by atoms with Gasteiger partial charge >= 0.3 is 0 Å². The molecule has 0 radical (unpaired) electrons. The fourth-order valence-electron chi connectivity index (χ4n) is 1.25. The number of ether oxygens (including phenoxy) is 2. The minimum absolute atomic E-state index is 0.217. The van der Waals surface area contributed by atoms with Crippen LogP contribution in [0.4, 0.5) is 0 Å². The lowest BCUT2D eigenvalue weighted by atomic mass is 10.2. The standard InChI is InChI=1S/C10H10ClN3O2S/c1-12-10(17)14-13-4-6-2-8-9(3-7(6)11)16-5-15-8/h2-4H,5H2,1H3,(H2,12,14,17)/b13-4+. The van der Waals surface area contributed by atoms with E-state index < -0.39 is 0 Å². The third-order valence-electron chi connectivity index (χ3n) is 2.09. The predicted molar refractivity (Wildman–Crippen MR) is 70.0 cm³/mol. The van der Waals surface area contributed by atoms with Crippen LogP contribution in [0, 0.1) is 0 Å². The minimum atomic E-state index is 0.217. The number of halogens is 1. The summed E-state index contributed by atoms with van der Waals surface area (Å²) in [5.41, 5.74) is 3.36. The van der Waals surface area contributed by atoms with E-state index in [-0.39, 0.29) is 6.79 Å². The molecule has 1 aromatic carbocycles. The van der Waals surface area contributed by atoms with E-state index in [0.29, 0.717) is 21.6 Å². The predicted octanol–water partition coefficient (Wildman–Crippen LogP) is 1.50. The molecule has 0 aromatic heterocycles. The van der Waals surface area contributed by atoms with Gasteiger partial charge in [-0.05, 0) is 18.3 Å². The molecule has 7 heteroatoms. The van der Waals surface area contributed by atoms with Gasteiger partial charge in [-0.2, -0.15) is 5.10 Å². The average Bonchev–Trinajstić information content (AvgIpc) is 2.76. The van der Waals surface area contributed by atoms with Crippen molar-refractivity contribution in [3.63, 3.8) is 0 Å². The second-order valence-corrected chi connectivity index (χ2v) is 3.99. The molecule has 0 fully saturated rings. The minimum Gasteiger partial charge on any atom is -0.454 e. The maximum atomic E-state index is 6.05. The zero-order valence-corrected chi connectivity index (χ0v) is 10.6. The van der Waals surface area contributed by atoms with Crippen molar-refractivity contribution in [2.75, 3.05) is 13.8 Å². The first-order valence-electron chi connectivity index (χ1n) is 4.80. The highest BCUT2D eigenvalue weighted by Gasteiger charge is 2.15. The van der Waals surface area contributed by atoms with Crippen LogP contribution in [-0.4, -0.2) is 25.2 Å². The van der Waals surface area contributed by atoms with E-state index in [4.69, 9.17) is 33.3 Å². The molecular formula is C10H10ClN3O2S. The molecule has 0 amide bonds. The average molecular weight is 272 g/mol. The Morgan fingerprint density at radius 3 is 2.88 bits per heavy atom. The molecule has 5 nitrogen and oxygen atoms in total. The molecule has 1 heterocycles. The van der Waals surface area contributed by atoms with Crippen molar-refractivity contribution >= 4 is 35.1 Å². The van der Waals surface area contributed by atoms with Gasteiger partial charge in [0, 0.05) is 18.7 Å². The largest absolute Gasteiger partial charge is 0.454 e. The molecule has 1 aromatic rings. The second-order valence-electron chi connectivity index (χ2n) is 3.18. The molecule has 90 valence electrons. The van der Waals surface area contributed by atoms with Crippen LogP contribution in [0.25, 0.3) is 0 Å². The van der Waals surface area contributed by atoms with Crippen molar-refractivity contribution in [1.82, 2.24) is 10.7 Å².